The number of epoxide rings is 1. The Kier molecular flexibility index (Phi) is 3.15. The third-order valence-electron chi connectivity index (χ3n) is 3.29. The van der Waals surface area contributed by atoms with Gasteiger partial charge in [-0.3, -0.25) is 4.79 Å². The van der Waals surface area contributed by atoms with Crippen LogP contribution in [0.15, 0.2) is 60.7 Å². The van der Waals surface area contributed by atoms with E-state index < -0.39 is 18.3 Å². The molecular formula is C16H14O3. The van der Waals surface area contributed by atoms with Gasteiger partial charge >= 0.3 is 0 Å². The molecule has 3 heteroatoms. The summed E-state index contributed by atoms with van der Waals surface area (Å²) in [5, 5.41) is 10.1. The van der Waals surface area contributed by atoms with Crippen molar-refractivity contribution in [2.24, 2.45) is 0 Å². The molecule has 1 fully saturated rings. The van der Waals surface area contributed by atoms with Crippen LogP contribution in [0.2, 0.25) is 0 Å². The van der Waals surface area contributed by atoms with Gasteiger partial charge in [0.05, 0.1) is 0 Å². The molecule has 19 heavy (non-hydrogen) atoms. The monoisotopic (exact) mass is 254 g/mol. The Bertz CT molecular complexity index is 565. The van der Waals surface area contributed by atoms with Crippen LogP contribution in [0.4, 0.5) is 0 Å². The Morgan fingerprint density at radius 3 is 2.21 bits per heavy atom. The van der Waals surface area contributed by atoms with E-state index in [9.17, 15) is 9.90 Å². The number of hydrogen-bond acceptors (Lipinski definition) is 3. The third-order valence-corrected chi connectivity index (χ3v) is 3.29. The van der Waals surface area contributed by atoms with Crippen molar-refractivity contribution in [2.45, 2.75) is 18.3 Å². The van der Waals surface area contributed by atoms with Gasteiger partial charge in [-0.1, -0.05) is 60.7 Å². The van der Waals surface area contributed by atoms with Gasteiger partial charge in [0.25, 0.3) is 0 Å². The van der Waals surface area contributed by atoms with Gasteiger partial charge in [-0.15, -0.1) is 0 Å². The van der Waals surface area contributed by atoms with E-state index in [4.69, 9.17) is 4.74 Å². The van der Waals surface area contributed by atoms with Crippen molar-refractivity contribution >= 4 is 5.78 Å². The van der Waals surface area contributed by atoms with E-state index in [0.717, 1.165) is 5.56 Å². The Morgan fingerprint density at radius 1 is 1.00 bits per heavy atom. The predicted octanol–water partition coefficient (Wildman–Crippen LogP) is 2.37. The molecule has 1 heterocycles. The van der Waals surface area contributed by atoms with E-state index in [1.54, 1.807) is 12.1 Å². The van der Waals surface area contributed by atoms with Crippen LogP contribution < -0.4 is 0 Å². The van der Waals surface area contributed by atoms with Crippen LogP contribution in [-0.4, -0.2) is 23.1 Å². The largest absolute Gasteiger partial charge is 0.386 e. The quantitative estimate of drug-likeness (QED) is 0.673. The first-order chi connectivity index (χ1) is 9.27. The van der Waals surface area contributed by atoms with Crippen molar-refractivity contribution in [1.82, 2.24) is 0 Å². The van der Waals surface area contributed by atoms with Crippen molar-refractivity contribution < 1.29 is 14.6 Å². The summed E-state index contributed by atoms with van der Waals surface area (Å²) in [6.07, 6.45) is -1.72. The lowest BCUT2D eigenvalue weighted by atomic mass is 10.0. The van der Waals surface area contributed by atoms with E-state index >= 15 is 0 Å². The molecule has 0 spiro atoms. The van der Waals surface area contributed by atoms with Crippen molar-refractivity contribution in [1.29, 1.82) is 0 Å². The summed E-state index contributed by atoms with van der Waals surface area (Å²) in [5.41, 5.74) is 1.39. The molecule has 2 aromatic carbocycles. The lowest BCUT2D eigenvalue weighted by molar-refractivity contribution is 0.0953. The van der Waals surface area contributed by atoms with Gasteiger partial charge in [0.1, 0.15) is 18.3 Å². The molecule has 0 saturated carbocycles. The maximum Gasteiger partial charge on any atom is 0.194 e. The molecule has 3 nitrogen and oxygen atoms in total. The normalized spacial score (nSPS) is 22.8. The van der Waals surface area contributed by atoms with Gasteiger partial charge in [-0.25, -0.2) is 0 Å². The minimum atomic E-state index is -0.751. The van der Waals surface area contributed by atoms with E-state index in [1.165, 1.54) is 0 Å². The lowest BCUT2D eigenvalue weighted by Crippen LogP contribution is -2.15. The van der Waals surface area contributed by atoms with Gasteiger partial charge < -0.3 is 9.84 Å². The van der Waals surface area contributed by atoms with E-state index in [1.807, 2.05) is 48.5 Å². The second-order valence-electron chi connectivity index (χ2n) is 4.61. The first-order valence-corrected chi connectivity index (χ1v) is 6.25. The number of Topliss-reactive ketones (excluding diaryl/α,β-unsaturated/α-hetero) is 1. The Hall–Kier alpha value is -1.97. The zero-order chi connectivity index (χ0) is 13.2. The van der Waals surface area contributed by atoms with Gasteiger partial charge in [-0.05, 0) is 5.56 Å². The fraction of sp³-hybridized carbons (Fsp3) is 0.188. The number of rotatable bonds is 4. The summed E-state index contributed by atoms with van der Waals surface area (Å²) in [6, 6.07) is 18.3. The molecule has 0 radical (unpaired) electrons. The van der Waals surface area contributed by atoms with Crippen LogP contribution in [0, 0.1) is 0 Å². The van der Waals surface area contributed by atoms with Crippen LogP contribution in [-0.2, 0) is 4.74 Å². The highest BCUT2D eigenvalue weighted by atomic mass is 16.6. The summed E-state index contributed by atoms with van der Waals surface area (Å²) in [6.45, 7) is 0. The standard InChI is InChI=1S/C16H14O3/c17-13(11-7-3-1-4-8-11)15-16(19-15)14(18)12-9-5-2-6-10-12/h1-10,13,15-17H/t13-,15-,16-/m1/s1. The molecular weight excluding hydrogens is 240 g/mol. The fourth-order valence-corrected chi connectivity index (χ4v) is 2.18. The molecule has 3 rings (SSSR count). The summed E-state index contributed by atoms with van der Waals surface area (Å²) in [4.78, 5) is 12.1. The number of ether oxygens (including phenoxy) is 1. The minimum absolute atomic E-state index is 0.0689. The zero-order valence-electron chi connectivity index (χ0n) is 10.3. The van der Waals surface area contributed by atoms with Gasteiger partial charge in [0.2, 0.25) is 0 Å². The number of ketones is 1. The third kappa shape index (κ3) is 2.43. The van der Waals surface area contributed by atoms with Crippen molar-refractivity contribution in [3.63, 3.8) is 0 Å². The van der Waals surface area contributed by atoms with Gasteiger partial charge in [0.15, 0.2) is 5.78 Å². The lowest BCUT2D eigenvalue weighted by Gasteiger charge is -2.07. The SMILES string of the molecule is O=C(c1ccccc1)[C@H]1O[C@@H]1[C@H](O)c1ccccc1. The number of aliphatic hydroxyl groups excluding tert-OH is 1. The maximum atomic E-state index is 12.1. The second kappa shape index (κ2) is 4.96. The molecule has 2 aromatic rings. The highest BCUT2D eigenvalue weighted by molar-refractivity contribution is 6.01. The Morgan fingerprint density at radius 2 is 1.58 bits per heavy atom. The number of aliphatic hydroxyl groups is 1. The molecule has 0 aromatic heterocycles. The van der Waals surface area contributed by atoms with Crippen molar-refractivity contribution in [2.75, 3.05) is 0 Å². The molecule has 1 saturated heterocycles. The van der Waals surface area contributed by atoms with Gasteiger partial charge in [0, 0.05) is 5.56 Å². The zero-order valence-corrected chi connectivity index (χ0v) is 10.3. The highest BCUT2D eigenvalue weighted by Gasteiger charge is 2.49. The smallest absolute Gasteiger partial charge is 0.194 e. The molecule has 0 bridgehead atoms. The van der Waals surface area contributed by atoms with Crippen LogP contribution in [0.25, 0.3) is 0 Å². The molecule has 1 aliphatic heterocycles. The van der Waals surface area contributed by atoms with Crippen LogP contribution in [0.1, 0.15) is 22.0 Å². The van der Waals surface area contributed by atoms with Crippen LogP contribution >= 0.6 is 0 Å². The van der Waals surface area contributed by atoms with E-state index in [-0.39, 0.29) is 5.78 Å². The summed E-state index contributed by atoms with van der Waals surface area (Å²) < 4.78 is 5.35. The van der Waals surface area contributed by atoms with Crippen LogP contribution in [0.3, 0.4) is 0 Å². The van der Waals surface area contributed by atoms with Crippen LogP contribution in [0.5, 0.6) is 0 Å². The Labute approximate surface area is 111 Å². The van der Waals surface area contributed by atoms with E-state index in [2.05, 4.69) is 0 Å². The first kappa shape index (κ1) is 12.1. The number of hydrogen-bond donors (Lipinski definition) is 1. The second-order valence-corrected chi connectivity index (χ2v) is 4.61. The average molecular weight is 254 g/mol. The first-order valence-electron chi connectivity index (χ1n) is 6.25. The molecule has 96 valence electrons. The number of carbonyl (C=O) groups is 1. The number of carbonyl (C=O) groups excluding carboxylic acids is 1. The topological polar surface area (TPSA) is 49.8 Å². The molecule has 3 atom stereocenters. The molecule has 0 unspecified atom stereocenters. The molecule has 1 N–H and O–H groups in total. The molecule has 0 amide bonds. The summed E-state index contributed by atoms with van der Waals surface area (Å²) >= 11 is 0. The summed E-state index contributed by atoms with van der Waals surface area (Å²) in [5.74, 6) is -0.0689. The predicted molar refractivity (Wildman–Crippen MR) is 70.8 cm³/mol. The molecule has 1 aliphatic rings. The Balaban J connectivity index is 1.70. The van der Waals surface area contributed by atoms with Gasteiger partial charge in [-0.2, -0.15) is 0 Å². The fourth-order valence-electron chi connectivity index (χ4n) is 2.18. The maximum absolute atomic E-state index is 12.1. The highest BCUT2D eigenvalue weighted by Crippen LogP contribution is 2.36. The minimum Gasteiger partial charge on any atom is -0.386 e. The van der Waals surface area contributed by atoms with Crippen molar-refractivity contribution in [3.05, 3.63) is 71.8 Å². The molecule has 0 aliphatic carbocycles. The average Bonchev–Trinajstić information content (AvgIpc) is 3.28. The van der Waals surface area contributed by atoms with Crippen molar-refractivity contribution in [3.8, 4) is 0 Å². The number of benzene rings is 2. The van der Waals surface area contributed by atoms with E-state index in [0.29, 0.717) is 5.56 Å². The summed E-state index contributed by atoms with van der Waals surface area (Å²) in [7, 11) is 0.